The lowest BCUT2D eigenvalue weighted by atomic mass is 9.80. The summed E-state index contributed by atoms with van der Waals surface area (Å²) in [6.07, 6.45) is 9.21. The summed E-state index contributed by atoms with van der Waals surface area (Å²) in [5.74, 6) is 2.67. The van der Waals surface area contributed by atoms with Crippen molar-refractivity contribution >= 4 is 11.8 Å². The van der Waals surface area contributed by atoms with Crippen LogP contribution in [0, 0.1) is 0 Å². The molecule has 0 radical (unpaired) electrons. The van der Waals surface area contributed by atoms with E-state index in [0.717, 1.165) is 0 Å². The van der Waals surface area contributed by atoms with Crippen molar-refractivity contribution in [2.75, 3.05) is 31.1 Å². The van der Waals surface area contributed by atoms with Crippen molar-refractivity contribution in [3.63, 3.8) is 0 Å². The first-order valence-corrected chi connectivity index (χ1v) is 8.03. The van der Waals surface area contributed by atoms with Crippen molar-refractivity contribution in [2.45, 2.75) is 50.5 Å². The molecule has 0 atom stereocenters. The van der Waals surface area contributed by atoms with Gasteiger partial charge >= 0.3 is 0 Å². The molecule has 1 aliphatic carbocycles. The van der Waals surface area contributed by atoms with Crippen LogP contribution < -0.4 is 5.73 Å². The zero-order chi connectivity index (χ0) is 11.3. The van der Waals surface area contributed by atoms with Gasteiger partial charge in [-0.15, -0.1) is 0 Å². The zero-order valence-electron chi connectivity index (χ0n) is 10.4. The first-order chi connectivity index (χ1) is 7.79. The quantitative estimate of drug-likeness (QED) is 0.824. The standard InChI is InChI=1S/C13H26N2S/c14-13(5-2-1-3-6-13)7-9-15-8-4-11-16-12-10-15/h1-12,14H2. The molecule has 3 heteroatoms. The Morgan fingerprint density at radius 1 is 1.00 bits per heavy atom. The number of thioether (sulfide) groups is 1. The van der Waals surface area contributed by atoms with Gasteiger partial charge in [-0.2, -0.15) is 11.8 Å². The summed E-state index contributed by atoms with van der Waals surface area (Å²) in [5.41, 5.74) is 6.66. The highest BCUT2D eigenvalue weighted by molar-refractivity contribution is 7.99. The summed E-state index contributed by atoms with van der Waals surface area (Å²) in [5, 5.41) is 0. The van der Waals surface area contributed by atoms with Gasteiger partial charge in [0.15, 0.2) is 0 Å². The fourth-order valence-electron chi connectivity index (χ4n) is 2.91. The number of rotatable bonds is 3. The molecule has 1 heterocycles. The Morgan fingerprint density at radius 3 is 2.62 bits per heavy atom. The number of hydrogen-bond acceptors (Lipinski definition) is 3. The van der Waals surface area contributed by atoms with Crippen LogP contribution >= 0.6 is 11.8 Å². The maximum atomic E-state index is 6.48. The molecule has 2 nitrogen and oxygen atoms in total. The van der Waals surface area contributed by atoms with E-state index in [4.69, 9.17) is 5.73 Å². The molecule has 16 heavy (non-hydrogen) atoms. The normalized spacial score (nSPS) is 27.6. The number of nitrogens with two attached hydrogens (primary N) is 1. The van der Waals surface area contributed by atoms with E-state index in [-0.39, 0.29) is 5.54 Å². The molecule has 1 aliphatic heterocycles. The van der Waals surface area contributed by atoms with Gasteiger partial charge in [0.1, 0.15) is 0 Å². The lowest BCUT2D eigenvalue weighted by Crippen LogP contribution is -2.44. The van der Waals surface area contributed by atoms with Crippen molar-refractivity contribution in [1.29, 1.82) is 0 Å². The molecular formula is C13H26N2S. The van der Waals surface area contributed by atoms with Gasteiger partial charge in [-0.3, -0.25) is 0 Å². The Bertz CT molecular complexity index is 194. The molecule has 1 saturated heterocycles. The minimum Gasteiger partial charge on any atom is -0.325 e. The summed E-state index contributed by atoms with van der Waals surface area (Å²) in [6.45, 7) is 3.81. The molecule has 0 aromatic heterocycles. The SMILES string of the molecule is NC1(CCN2CCCSCC2)CCCCC1. The Morgan fingerprint density at radius 2 is 1.81 bits per heavy atom. The van der Waals surface area contributed by atoms with Gasteiger partial charge in [-0.05, 0) is 44.5 Å². The van der Waals surface area contributed by atoms with E-state index in [2.05, 4.69) is 16.7 Å². The summed E-state index contributed by atoms with van der Waals surface area (Å²) in [6, 6.07) is 0. The van der Waals surface area contributed by atoms with E-state index >= 15 is 0 Å². The van der Waals surface area contributed by atoms with Gasteiger partial charge in [-0.25, -0.2) is 0 Å². The predicted molar refractivity (Wildman–Crippen MR) is 73.0 cm³/mol. The molecule has 2 rings (SSSR count). The summed E-state index contributed by atoms with van der Waals surface area (Å²) >= 11 is 2.11. The van der Waals surface area contributed by atoms with E-state index in [1.165, 1.54) is 76.1 Å². The van der Waals surface area contributed by atoms with E-state index in [9.17, 15) is 0 Å². The summed E-state index contributed by atoms with van der Waals surface area (Å²) in [7, 11) is 0. The van der Waals surface area contributed by atoms with Gasteiger partial charge < -0.3 is 10.6 Å². The molecular weight excluding hydrogens is 216 g/mol. The van der Waals surface area contributed by atoms with Crippen LogP contribution in [-0.4, -0.2) is 41.6 Å². The molecule has 2 N–H and O–H groups in total. The summed E-state index contributed by atoms with van der Waals surface area (Å²) < 4.78 is 0. The Balaban J connectivity index is 1.72. The molecule has 0 bridgehead atoms. The van der Waals surface area contributed by atoms with Gasteiger partial charge in [0, 0.05) is 17.8 Å². The van der Waals surface area contributed by atoms with Crippen LogP contribution in [0.5, 0.6) is 0 Å². The van der Waals surface area contributed by atoms with Gasteiger partial charge in [0.05, 0.1) is 0 Å². The third kappa shape index (κ3) is 3.94. The highest BCUT2D eigenvalue weighted by atomic mass is 32.2. The molecule has 94 valence electrons. The second-order valence-electron chi connectivity index (χ2n) is 5.48. The largest absolute Gasteiger partial charge is 0.325 e. The minimum absolute atomic E-state index is 0.178. The van der Waals surface area contributed by atoms with Crippen LogP contribution in [0.4, 0.5) is 0 Å². The van der Waals surface area contributed by atoms with E-state index in [1.807, 2.05) is 0 Å². The Labute approximate surface area is 104 Å². The van der Waals surface area contributed by atoms with Crippen molar-refractivity contribution in [3.8, 4) is 0 Å². The predicted octanol–water partition coefficient (Wildman–Crippen LogP) is 2.48. The third-order valence-electron chi connectivity index (χ3n) is 4.09. The molecule has 0 aromatic rings. The van der Waals surface area contributed by atoms with Gasteiger partial charge in [0.25, 0.3) is 0 Å². The fraction of sp³-hybridized carbons (Fsp3) is 1.00. The number of hydrogen-bond donors (Lipinski definition) is 1. The van der Waals surface area contributed by atoms with Crippen LogP contribution in [0.3, 0.4) is 0 Å². The number of nitrogens with zero attached hydrogens (tertiary/aromatic N) is 1. The Hall–Kier alpha value is 0.270. The van der Waals surface area contributed by atoms with Crippen LogP contribution in [0.15, 0.2) is 0 Å². The maximum Gasteiger partial charge on any atom is 0.0166 e. The van der Waals surface area contributed by atoms with Crippen molar-refractivity contribution in [2.24, 2.45) is 5.73 Å². The van der Waals surface area contributed by atoms with Crippen LogP contribution in [0.2, 0.25) is 0 Å². The smallest absolute Gasteiger partial charge is 0.0166 e. The fourth-order valence-corrected chi connectivity index (χ4v) is 3.83. The molecule has 2 fully saturated rings. The van der Waals surface area contributed by atoms with Crippen LogP contribution in [0.25, 0.3) is 0 Å². The van der Waals surface area contributed by atoms with E-state index in [1.54, 1.807) is 0 Å². The second-order valence-corrected chi connectivity index (χ2v) is 6.71. The topological polar surface area (TPSA) is 29.3 Å². The maximum absolute atomic E-state index is 6.48. The zero-order valence-corrected chi connectivity index (χ0v) is 11.2. The molecule has 1 saturated carbocycles. The monoisotopic (exact) mass is 242 g/mol. The highest BCUT2D eigenvalue weighted by Gasteiger charge is 2.27. The Kier molecular flexibility index (Phi) is 4.98. The van der Waals surface area contributed by atoms with Crippen molar-refractivity contribution in [1.82, 2.24) is 4.90 Å². The first-order valence-electron chi connectivity index (χ1n) is 6.88. The minimum atomic E-state index is 0.178. The lowest BCUT2D eigenvalue weighted by Gasteiger charge is -2.35. The van der Waals surface area contributed by atoms with Gasteiger partial charge in [-0.1, -0.05) is 19.3 Å². The molecule has 0 unspecified atom stereocenters. The van der Waals surface area contributed by atoms with Crippen molar-refractivity contribution < 1.29 is 0 Å². The van der Waals surface area contributed by atoms with Crippen LogP contribution in [0.1, 0.15) is 44.9 Å². The highest BCUT2D eigenvalue weighted by Crippen LogP contribution is 2.28. The van der Waals surface area contributed by atoms with Gasteiger partial charge in [0.2, 0.25) is 0 Å². The van der Waals surface area contributed by atoms with Crippen molar-refractivity contribution in [3.05, 3.63) is 0 Å². The lowest BCUT2D eigenvalue weighted by molar-refractivity contribution is 0.216. The molecule has 2 aliphatic rings. The first kappa shape index (κ1) is 12.7. The second kappa shape index (κ2) is 6.27. The molecule has 0 spiro atoms. The third-order valence-corrected chi connectivity index (χ3v) is 5.14. The average molecular weight is 242 g/mol. The van der Waals surface area contributed by atoms with E-state index < -0.39 is 0 Å². The molecule has 0 amide bonds. The summed E-state index contributed by atoms with van der Waals surface area (Å²) in [4.78, 5) is 2.63. The van der Waals surface area contributed by atoms with Crippen LogP contribution in [-0.2, 0) is 0 Å². The van der Waals surface area contributed by atoms with E-state index in [0.29, 0.717) is 0 Å². The average Bonchev–Trinajstić information content (AvgIpc) is 2.56. The molecule has 0 aromatic carbocycles.